The highest BCUT2D eigenvalue weighted by molar-refractivity contribution is 7.92. The van der Waals surface area contributed by atoms with Crippen LogP contribution in [-0.4, -0.2) is 26.6 Å². The maximum Gasteiger partial charge on any atom is 0.247 e. The average molecular weight is 385 g/mol. The first-order valence-corrected chi connectivity index (χ1v) is 9.64. The minimum absolute atomic E-state index is 0.135. The summed E-state index contributed by atoms with van der Waals surface area (Å²) in [6.45, 7) is 3.35. The maximum atomic E-state index is 13.2. The topological polar surface area (TPSA) is 66.5 Å². The number of hydrogen-bond donors (Lipinski definition) is 1. The molecule has 0 fully saturated rings. The Kier molecular flexibility index (Phi) is 5.69. The van der Waals surface area contributed by atoms with Gasteiger partial charge in [0.1, 0.15) is 11.9 Å². The largest absolute Gasteiger partial charge is 0.324 e. The lowest BCUT2D eigenvalue weighted by atomic mass is 10.2. The normalized spacial score (nSPS) is 12.5. The molecule has 8 heteroatoms. The summed E-state index contributed by atoms with van der Waals surface area (Å²) in [4.78, 5) is 12.5. The fourth-order valence-corrected chi connectivity index (χ4v) is 3.68. The van der Waals surface area contributed by atoms with Gasteiger partial charge in [0.25, 0.3) is 0 Å². The number of carbonyl (C=O) groups is 1. The summed E-state index contributed by atoms with van der Waals surface area (Å²) in [7, 11) is -3.70. The van der Waals surface area contributed by atoms with E-state index in [4.69, 9.17) is 11.6 Å². The molecule has 2 aromatic rings. The Morgan fingerprint density at radius 3 is 2.32 bits per heavy atom. The van der Waals surface area contributed by atoms with Crippen LogP contribution in [0.25, 0.3) is 0 Å². The number of rotatable bonds is 5. The van der Waals surface area contributed by atoms with Crippen LogP contribution in [0.15, 0.2) is 42.5 Å². The van der Waals surface area contributed by atoms with Gasteiger partial charge in [0, 0.05) is 5.69 Å². The molecule has 0 radical (unpaired) electrons. The molecule has 5 nitrogen and oxygen atoms in total. The SMILES string of the molecule is Cc1ccc(N([C@H](C)C(=O)Nc2ccc(F)c(Cl)c2)S(C)(=O)=O)cc1. The summed E-state index contributed by atoms with van der Waals surface area (Å²) in [6.07, 6.45) is 1.03. The number of hydrogen-bond acceptors (Lipinski definition) is 3. The molecule has 0 aliphatic carbocycles. The van der Waals surface area contributed by atoms with Gasteiger partial charge in [0.05, 0.1) is 17.0 Å². The number of anilines is 2. The summed E-state index contributed by atoms with van der Waals surface area (Å²) in [6, 6.07) is 9.51. The van der Waals surface area contributed by atoms with Crippen molar-refractivity contribution in [2.75, 3.05) is 15.9 Å². The van der Waals surface area contributed by atoms with Gasteiger partial charge in [0.2, 0.25) is 15.9 Å². The molecular weight excluding hydrogens is 367 g/mol. The van der Waals surface area contributed by atoms with Crippen LogP contribution < -0.4 is 9.62 Å². The van der Waals surface area contributed by atoms with E-state index in [0.717, 1.165) is 22.2 Å². The average Bonchev–Trinajstić information content (AvgIpc) is 2.51. The Hall–Kier alpha value is -2.12. The van der Waals surface area contributed by atoms with Crippen LogP contribution in [-0.2, 0) is 14.8 Å². The monoisotopic (exact) mass is 384 g/mol. The van der Waals surface area contributed by atoms with Gasteiger partial charge in [-0.05, 0) is 44.2 Å². The van der Waals surface area contributed by atoms with Gasteiger partial charge >= 0.3 is 0 Å². The fraction of sp³-hybridized carbons (Fsp3) is 0.235. The molecule has 2 rings (SSSR count). The number of nitrogens with zero attached hydrogens (tertiary/aromatic N) is 1. The molecule has 0 aliphatic heterocycles. The third-order valence-corrected chi connectivity index (χ3v) is 5.10. The lowest BCUT2D eigenvalue weighted by molar-refractivity contribution is -0.116. The molecule has 0 bridgehead atoms. The maximum absolute atomic E-state index is 13.2. The quantitative estimate of drug-likeness (QED) is 0.856. The predicted octanol–water partition coefficient (Wildman–Crippen LogP) is 3.58. The number of amides is 1. The van der Waals surface area contributed by atoms with Gasteiger partial charge in [-0.15, -0.1) is 0 Å². The highest BCUT2D eigenvalue weighted by atomic mass is 35.5. The van der Waals surface area contributed by atoms with E-state index in [-0.39, 0.29) is 10.7 Å². The van der Waals surface area contributed by atoms with Crippen molar-refractivity contribution in [2.45, 2.75) is 19.9 Å². The number of benzene rings is 2. The second-order valence-electron chi connectivity index (χ2n) is 5.69. The third-order valence-electron chi connectivity index (χ3n) is 3.56. The molecule has 134 valence electrons. The van der Waals surface area contributed by atoms with E-state index >= 15 is 0 Å². The van der Waals surface area contributed by atoms with Gasteiger partial charge in [-0.2, -0.15) is 0 Å². The van der Waals surface area contributed by atoms with Crippen molar-refractivity contribution in [1.82, 2.24) is 0 Å². The van der Waals surface area contributed by atoms with Crippen LogP contribution in [0.2, 0.25) is 5.02 Å². The van der Waals surface area contributed by atoms with Crippen LogP contribution in [0.1, 0.15) is 12.5 Å². The van der Waals surface area contributed by atoms with Crippen molar-refractivity contribution in [2.24, 2.45) is 0 Å². The van der Waals surface area contributed by atoms with E-state index in [9.17, 15) is 17.6 Å². The number of halogens is 2. The molecule has 0 saturated heterocycles. The second kappa shape index (κ2) is 7.41. The summed E-state index contributed by atoms with van der Waals surface area (Å²) >= 11 is 5.69. The van der Waals surface area contributed by atoms with Gasteiger partial charge in [-0.3, -0.25) is 9.10 Å². The van der Waals surface area contributed by atoms with E-state index in [1.54, 1.807) is 24.3 Å². The van der Waals surface area contributed by atoms with E-state index in [1.165, 1.54) is 19.1 Å². The van der Waals surface area contributed by atoms with Crippen LogP contribution in [0.5, 0.6) is 0 Å². The molecular formula is C17H18ClFN2O3S. The molecule has 25 heavy (non-hydrogen) atoms. The van der Waals surface area contributed by atoms with Crippen molar-refractivity contribution >= 4 is 38.9 Å². The first kappa shape index (κ1) is 19.2. The number of aryl methyl sites for hydroxylation is 1. The molecule has 0 saturated carbocycles. The summed E-state index contributed by atoms with van der Waals surface area (Å²) < 4.78 is 38.6. The molecule has 1 N–H and O–H groups in total. The molecule has 1 atom stereocenters. The van der Waals surface area contributed by atoms with E-state index < -0.39 is 27.8 Å². The zero-order chi connectivity index (χ0) is 18.8. The molecule has 0 aliphatic rings. The summed E-state index contributed by atoms with van der Waals surface area (Å²) in [5, 5.41) is 2.41. The van der Waals surface area contributed by atoms with Crippen molar-refractivity contribution in [3.63, 3.8) is 0 Å². The second-order valence-corrected chi connectivity index (χ2v) is 7.96. The van der Waals surface area contributed by atoms with Crippen molar-refractivity contribution < 1.29 is 17.6 Å². The molecule has 0 unspecified atom stereocenters. The summed E-state index contributed by atoms with van der Waals surface area (Å²) in [5.74, 6) is -1.17. The zero-order valence-corrected chi connectivity index (χ0v) is 15.5. The van der Waals surface area contributed by atoms with Crippen LogP contribution in [0.4, 0.5) is 15.8 Å². The van der Waals surface area contributed by atoms with E-state index in [0.29, 0.717) is 5.69 Å². The fourth-order valence-electron chi connectivity index (χ4n) is 2.32. The highest BCUT2D eigenvalue weighted by Gasteiger charge is 2.29. The lowest BCUT2D eigenvalue weighted by Gasteiger charge is -2.28. The van der Waals surface area contributed by atoms with Crippen LogP contribution >= 0.6 is 11.6 Å². The first-order chi connectivity index (χ1) is 11.6. The predicted molar refractivity (Wildman–Crippen MR) is 98.0 cm³/mol. The number of sulfonamides is 1. The Morgan fingerprint density at radius 2 is 1.80 bits per heavy atom. The molecule has 0 spiro atoms. The zero-order valence-electron chi connectivity index (χ0n) is 14.0. The molecule has 1 amide bonds. The van der Waals surface area contributed by atoms with Crippen molar-refractivity contribution in [3.05, 3.63) is 58.9 Å². The van der Waals surface area contributed by atoms with Gasteiger partial charge in [-0.25, -0.2) is 12.8 Å². The Balaban J connectivity index is 2.29. The van der Waals surface area contributed by atoms with E-state index in [1.807, 2.05) is 6.92 Å². The summed E-state index contributed by atoms with van der Waals surface area (Å²) in [5.41, 5.74) is 1.63. The third kappa shape index (κ3) is 4.70. The van der Waals surface area contributed by atoms with Crippen molar-refractivity contribution in [1.29, 1.82) is 0 Å². The number of nitrogens with one attached hydrogen (secondary N) is 1. The smallest absolute Gasteiger partial charge is 0.247 e. The van der Waals surface area contributed by atoms with Crippen LogP contribution in [0, 0.1) is 12.7 Å². The Labute approximate surface area is 151 Å². The van der Waals surface area contributed by atoms with Crippen LogP contribution in [0.3, 0.4) is 0 Å². The van der Waals surface area contributed by atoms with E-state index in [2.05, 4.69) is 5.32 Å². The van der Waals surface area contributed by atoms with Gasteiger partial charge < -0.3 is 5.32 Å². The lowest BCUT2D eigenvalue weighted by Crippen LogP contribution is -2.45. The number of carbonyl (C=O) groups excluding carboxylic acids is 1. The Bertz CT molecular complexity index is 885. The van der Waals surface area contributed by atoms with Gasteiger partial charge in [0.15, 0.2) is 0 Å². The molecule has 0 heterocycles. The first-order valence-electron chi connectivity index (χ1n) is 7.41. The van der Waals surface area contributed by atoms with Gasteiger partial charge in [-0.1, -0.05) is 29.3 Å². The standard InChI is InChI=1S/C17H18ClFN2O3S/c1-11-4-7-14(8-5-11)21(25(3,23)24)12(2)17(22)20-13-6-9-16(19)15(18)10-13/h4-10,12H,1-3H3,(H,20,22)/t12-/m1/s1. The van der Waals surface area contributed by atoms with Crippen molar-refractivity contribution in [3.8, 4) is 0 Å². The highest BCUT2D eigenvalue weighted by Crippen LogP contribution is 2.23. The minimum atomic E-state index is -3.70. The molecule has 0 aromatic heterocycles. The molecule has 2 aromatic carbocycles. The minimum Gasteiger partial charge on any atom is -0.324 e. The Morgan fingerprint density at radius 1 is 1.20 bits per heavy atom.